The van der Waals surface area contributed by atoms with Crippen LogP contribution in [0.25, 0.3) is 0 Å². The minimum atomic E-state index is -0.642. The molecule has 0 saturated carbocycles. The van der Waals surface area contributed by atoms with Gasteiger partial charge >= 0.3 is 0 Å². The molecule has 2 aromatic rings. The Kier molecular flexibility index (Phi) is 9.86. The molecule has 1 unspecified atom stereocenters. The van der Waals surface area contributed by atoms with Crippen molar-refractivity contribution in [2.45, 2.75) is 59.7 Å². The van der Waals surface area contributed by atoms with Crippen LogP contribution in [0.1, 0.15) is 43.9 Å². The molecule has 0 spiro atoms. The summed E-state index contributed by atoms with van der Waals surface area (Å²) in [5, 5.41) is 3.73. The summed E-state index contributed by atoms with van der Waals surface area (Å²) < 4.78 is 6.82. The monoisotopic (exact) mass is 542 g/mol. The highest BCUT2D eigenvalue weighted by Gasteiger charge is 2.29. The van der Waals surface area contributed by atoms with Gasteiger partial charge in [-0.05, 0) is 75.1 Å². The molecule has 1 N–H and O–H groups in total. The van der Waals surface area contributed by atoms with Crippen molar-refractivity contribution in [3.05, 3.63) is 61.5 Å². The van der Waals surface area contributed by atoms with Gasteiger partial charge in [-0.25, -0.2) is 0 Å². The van der Waals surface area contributed by atoms with Crippen LogP contribution >= 0.6 is 39.1 Å². The van der Waals surface area contributed by atoms with Gasteiger partial charge in [0.1, 0.15) is 11.8 Å². The van der Waals surface area contributed by atoms with Crippen LogP contribution in [0, 0.1) is 13.8 Å². The quantitative estimate of drug-likeness (QED) is 0.416. The van der Waals surface area contributed by atoms with Crippen molar-refractivity contribution in [3.8, 4) is 5.75 Å². The summed E-state index contributed by atoms with van der Waals surface area (Å²) >= 11 is 15.7. The summed E-state index contributed by atoms with van der Waals surface area (Å²) in [6.45, 7) is 9.60. The number of carbonyl (C=O) groups is 2. The number of ether oxygens (including phenoxy) is 1. The van der Waals surface area contributed by atoms with Gasteiger partial charge in [-0.2, -0.15) is 0 Å². The van der Waals surface area contributed by atoms with Gasteiger partial charge in [-0.15, -0.1) is 0 Å². The lowest BCUT2D eigenvalue weighted by atomic mass is 10.1. The van der Waals surface area contributed by atoms with Gasteiger partial charge < -0.3 is 15.0 Å². The zero-order valence-corrected chi connectivity index (χ0v) is 22.1. The van der Waals surface area contributed by atoms with Crippen LogP contribution in [0.15, 0.2) is 34.8 Å². The van der Waals surface area contributed by atoms with Gasteiger partial charge in [-0.1, -0.05) is 52.1 Å². The second-order valence-corrected chi connectivity index (χ2v) is 9.62. The number of aryl methyl sites for hydroxylation is 2. The molecule has 2 rings (SSSR count). The van der Waals surface area contributed by atoms with E-state index in [2.05, 4.69) is 21.2 Å². The average Bonchev–Trinajstić information content (AvgIpc) is 2.72. The fourth-order valence-corrected chi connectivity index (χ4v) is 3.90. The van der Waals surface area contributed by atoms with Gasteiger partial charge in [0.25, 0.3) is 5.91 Å². The van der Waals surface area contributed by atoms with Crippen molar-refractivity contribution >= 4 is 50.9 Å². The zero-order chi connectivity index (χ0) is 24.0. The maximum absolute atomic E-state index is 13.3. The van der Waals surface area contributed by atoms with Crippen LogP contribution in [-0.4, -0.2) is 35.4 Å². The highest BCUT2D eigenvalue weighted by molar-refractivity contribution is 9.10. The summed E-state index contributed by atoms with van der Waals surface area (Å²) in [6, 6.07) is 8.25. The number of nitrogens with zero attached hydrogens (tertiary/aromatic N) is 1. The normalized spacial score (nSPS) is 11.9. The first-order chi connectivity index (χ1) is 15.0. The SMILES string of the molecule is CCC(C(=O)NC(C)C)N(Cc1ccc(Cl)c(Cl)c1)C(=O)COc1cc(C)c(Br)c(C)c1. The lowest BCUT2D eigenvalue weighted by Crippen LogP contribution is -2.51. The molecule has 0 radical (unpaired) electrons. The number of carbonyl (C=O) groups excluding carboxylic acids is 2. The Labute approximate surface area is 208 Å². The fourth-order valence-electron chi connectivity index (χ4n) is 3.35. The van der Waals surface area contributed by atoms with Crippen molar-refractivity contribution in [2.75, 3.05) is 6.61 Å². The van der Waals surface area contributed by atoms with Crippen LogP contribution < -0.4 is 10.1 Å². The van der Waals surface area contributed by atoms with Crippen LogP contribution in [0.3, 0.4) is 0 Å². The molecular formula is C24H29BrCl2N2O3. The lowest BCUT2D eigenvalue weighted by molar-refractivity contribution is -0.143. The second-order valence-electron chi connectivity index (χ2n) is 8.02. The highest BCUT2D eigenvalue weighted by Crippen LogP contribution is 2.27. The molecule has 0 fully saturated rings. The van der Waals surface area contributed by atoms with E-state index in [0.29, 0.717) is 22.2 Å². The molecule has 174 valence electrons. The Hall–Kier alpha value is -1.76. The molecule has 2 amide bonds. The predicted octanol–water partition coefficient (Wildman–Crippen LogP) is 6.08. The topological polar surface area (TPSA) is 58.6 Å². The molecule has 2 aromatic carbocycles. The van der Waals surface area contributed by atoms with Crippen LogP contribution in [0.4, 0.5) is 0 Å². The van der Waals surface area contributed by atoms with Gasteiger partial charge in [0.05, 0.1) is 10.0 Å². The minimum absolute atomic E-state index is 0.0385. The summed E-state index contributed by atoms with van der Waals surface area (Å²) in [7, 11) is 0. The Balaban J connectivity index is 2.27. The second kappa shape index (κ2) is 11.9. The maximum Gasteiger partial charge on any atom is 0.261 e. The maximum atomic E-state index is 13.3. The van der Waals surface area contributed by atoms with Crippen molar-refractivity contribution in [3.63, 3.8) is 0 Å². The van der Waals surface area contributed by atoms with E-state index in [0.717, 1.165) is 21.2 Å². The number of halogens is 3. The van der Waals surface area contributed by atoms with E-state index in [4.69, 9.17) is 27.9 Å². The predicted molar refractivity (Wildman–Crippen MR) is 133 cm³/mol. The number of nitrogens with one attached hydrogen (secondary N) is 1. The Bertz CT molecular complexity index is 959. The Morgan fingerprint density at radius 2 is 1.72 bits per heavy atom. The number of benzene rings is 2. The number of amides is 2. The molecule has 0 aromatic heterocycles. The summed E-state index contributed by atoms with van der Waals surface area (Å²) in [5.41, 5.74) is 2.81. The molecule has 0 saturated heterocycles. The molecule has 0 heterocycles. The number of rotatable bonds is 9. The van der Waals surface area contributed by atoms with Crippen LogP contribution in [0.5, 0.6) is 5.75 Å². The molecule has 0 bridgehead atoms. The Morgan fingerprint density at radius 1 is 1.09 bits per heavy atom. The van der Waals surface area contributed by atoms with Gasteiger partial charge in [0.15, 0.2) is 6.61 Å². The first-order valence-electron chi connectivity index (χ1n) is 10.5. The lowest BCUT2D eigenvalue weighted by Gasteiger charge is -2.31. The van der Waals surface area contributed by atoms with E-state index in [1.54, 1.807) is 18.2 Å². The molecular weight excluding hydrogens is 515 g/mol. The van der Waals surface area contributed by atoms with Gasteiger partial charge in [0, 0.05) is 17.1 Å². The summed E-state index contributed by atoms with van der Waals surface area (Å²) in [6.07, 6.45) is 0.460. The molecule has 32 heavy (non-hydrogen) atoms. The third kappa shape index (κ3) is 7.12. The average molecular weight is 544 g/mol. The molecule has 5 nitrogen and oxygen atoms in total. The van der Waals surface area contributed by atoms with Crippen molar-refractivity contribution < 1.29 is 14.3 Å². The molecule has 0 aliphatic heterocycles. The zero-order valence-electron chi connectivity index (χ0n) is 19.0. The van der Waals surface area contributed by atoms with E-state index in [9.17, 15) is 9.59 Å². The van der Waals surface area contributed by atoms with E-state index in [1.807, 2.05) is 46.8 Å². The van der Waals surface area contributed by atoms with Crippen LogP contribution in [-0.2, 0) is 16.1 Å². The largest absolute Gasteiger partial charge is 0.484 e. The fraction of sp³-hybridized carbons (Fsp3) is 0.417. The van der Waals surface area contributed by atoms with Gasteiger partial charge in [-0.3, -0.25) is 9.59 Å². The van der Waals surface area contributed by atoms with Crippen molar-refractivity contribution in [2.24, 2.45) is 0 Å². The highest BCUT2D eigenvalue weighted by atomic mass is 79.9. The van der Waals surface area contributed by atoms with E-state index < -0.39 is 6.04 Å². The van der Waals surface area contributed by atoms with E-state index >= 15 is 0 Å². The number of hydrogen-bond donors (Lipinski definition) is 1. The third-order valence-electron chi connectivity index (χ3n) is 4.93. The first kappa shape index (κ1) is 26.5. The van der Waals surface area contributed by atoms with Crippen molar-refractivity contribution in [1.29, 1.82) is 0 Å². The van der Waals surface area contributed by atoms with Crippen molar-refractivity contribution in [1.82, 2.24) is 10.2 Å². The summed E-state index contributed by atoms with van der Waals surface area (Å²) in [4.78, 5) is 27.6. The van der Waals surface area contributed by atoms with Crippen LogP contribution in [0.2, 0.25) is 10.0 Å². The first-order valence-corrected chi connectivity index (χ1v) is 12.0. The van der Waals surface area contributed by atoms with Gasteiger partial charge in [0.2, 0.25) is 5.91 Å². The molecule has 0 aliphatic carbocycles. The minimum Gasteiger partial charge on any atom is -0.484 e. The smallest absolute Gasteiger partial charge is 0.261 e. The standard InChI is InChI=1S/C24H29BrCl2N2O3/c1-6-21(24(31)28-14(2)3)29(12-17-7-8-19(26)20(27)11-17)22(30)13-32-18-9-15(4)23(25)16(5)10-18/h7-11,14,21H,6,12-13H2,1-5H3,(H,28,31). The molecule has 0 aliphatic rings. The molecule has 8 heteroatoms. The Morgan fingerprint density at radius 3 is 2.25 bits per heavy atom. The third-order valence-corrected chi connectivity index (χ3v) is 6.92. The van der Waals surface area contributed by atoms with E-state index in [-0.39, 0.29) is 31.0 Å². The van der Waals surface area contributed by atoms with E-state index in [1.165, 1.54) is 4.90 Å². The summed E-state index contributed by atoms with van der Waals surface area (Å²) in [5.74, 6) is 0.108. The number of hydrogen-bond acceptors (Lipinski definition) is 3. The molecule has 1 atom stereocenters.